The summed E-state index contributed by atoms with van der Waals surface area (Å²) in [6, 6.07) is 8.77. The smallest absolute Gasteiger partial charge is 0.219 e. The molecule has 2 aliphatic rings. The topological polar surface area (TPSA) is 51.2 Å². The summed E-state index contributed by atoms with van der Waals surface area (Å²) in [6.45, 7) is 15.2. The second kappa shape index (κ2) is 8.95. The van der Waals surface area contributed by atoms with E-state index in [1.807, 2.05) is 4.90 Å². The molecule has 6 heteroatoms. The van der Waals surface area contributed by atoms with Crippen molar-refractivity contribution in [2.75, 3.05) is 45.8 Å². The number of hydrogen-bond donors (Lipinski definition) is 1. The summed E-state index contributed by atoms with van der Waals surface area (Å²) < 4.78 is 0. The van der Waals surface area contributed by atoms with Gasteiger partial charge < -0.3 is 15.1 Å². The quantitative estimate of drug-likeness (QED) is 0.636. The van der Waals surface area contributed by atoms with E-state index in [-0.39, 0.29) is 11.4 Å². The first-order valence-electron chi connectivity index (χ1n) is 10.5. The van der Waals surface area contributed by atoms with Crippen LogP contribution in [0.2, 0.25) is 0 Å². The number of benzene rings is 1. The predicted octanol–water partition coefficient (Wildman–Crippen LogP) is 1.95. The third kappa shape index (κ3) is 4.85. The number of guanidine groups is 1. The number of fused-ring (bicyclic) bond motifs is 1. The number of nitrogens with zero attached hydrogens (tertiary/aromatic N) is 4. The van der Waals surface area contributed by atoms with Crippen LogP contribution in [0, 0.1) is 0 Å². The molecule has 3 rings (SSSR count). The maximum Gasteiger partial charge on any atom is 0.219 e. The first-order valence-corrected chi connectivity index (χ1v) is 10.5. The largest absolute Gasteiger partial charge is 0.357 e. The lowest BCUT2D eigenvalue weighted by Crippen LogP contribution is -2.54. The summed E-state index contributed by atoms with van der Waals surface area (Å²) in [4.78, 5) is 23.3. The van der Waals surface area contributed by atoms with Gasteiger partial charge in [-0.1, -0.05) is 24.3 Å². The third-order valence-electron chi connectivity index (χ3n) is 5.96. The Morgan fingerprint density at radius 3 is 2.36 bits per heavy atom. The minimum Gasteiger partial charge on any atom is -0.357 e. The zero-order valence-corrected chi connectivity index (χ0v) is 17.9. The van der Waals surface area contributed by atoms with Crippen LogP contribution in [0.5, 0.6) is 0 Å². The van der Waals surface area contributed by atoms with E-state index in [0.717, 1.165) is 64.7 Å². The van der Waals surface area contributed by atoms with Crippen molar-refractivity contribution in [1.29, 1.82) is 0 Å². The van der Waals surface area contributed by atoms with Crippen molar-refractivity contribution in [3.05, 3.63) is 35.4 Å². The minimum absolute atomic E-state index is 0.00455. The number of carbonyl (C=O) groups excluding carboxylic acids is 1. The van der Waals surface area contributed by atoms with Crippen molar-refractivity contribution in [2.45, 2.75) is 46.2 Å². The van der Waals surface area contributed by atoms with Gasteiger partial charge in [0.05, 0.1) is 6.54 Å². The van der Waals surface area contributed by atoms with Crippen LogP contribution in [0.25, 0.3) is 0 Å². The molecule has 0 radical (unpaired) electrons. The predicted molar refractivity (Wildman–Crippen MR) is 114 cm³/mol. The lowest BCUT2D eigenvalue weighted by Gasteiger charge is -2.41. The summed E-state index contributed by atoms with van der Waals surface area (Å²) in [5.74, 6) is 1.13. The van der Waals surface area contributed by atoms with Crippen molar-refractivity contribution in [1.82, 2.24) is 20.0 Å². The molecule has 2 aliphatic heterocycles. The van der Waals surface area contributed by atoms with Crippen LogP contribution in [0.15, 0.2) is 29.3 Å². The molecule has 1 aromatic carbocycles. The van der Waals surface area contributed by atoms with Crippen molar-refractivity contribution >= 4 is 11.9 Å². The molecular weight excluding hydrogens is 350 g/mol. The molecule has 1 N–H and O–H groups in total. The molecule has 1 saturated heterocycles. The van der Waals surface area contributed by atoms with E-state index in [1.165, 1.54) is 11.1 Å². The first-order chi connectivity index (χ1) is 13.4. The highest BCUT2D eigenvalue weighted by atomic mass is 16.2. The van der Waals surface area contributed by atoms with E-state index in [9.17, 15) is 4.79 Å². The summed E-state index contributed by atoms with van der Waals surface area (Å²) in [5.41, 5.74) is 2.92. The van der Waals surface area contributed by atoms with Crippen LogP contribution in [0.4, 0.5) is 0 Å². The molecule has 28 heavy (non-hydrogen) atoms. The highest BCUT2D eigenvalue weighted by Crippen LogP contribution is 2.25. The van der Waals surface area contributed by atoms with Crippen LogP contribution >= 0.6 is 0 Å². The van der Waals surface area contributed by atoms with Gasteiger partial charge in [0.25, 0.3) is 0 Å². The Morgan fingerprint density at radius 2 is 1.71 bits per heavy atom. The third-order valence-corrected chi connectivity index (χ3v) is 5.96. The molecule has 0 aromatic heterocycles. The van der Waals surface area contributed by atoms with Gasteiger partial charge in [0.15, 0.2) is 5.96 Å². The molecule has 154 valence electrons. The molecule has 0 saturated carbocycles. The van der Waals surface area contributed by atoms with Gasteiger partial charge in [0, 0.05) is 58.3 Å². The molecule has 0 bridgehead atoms. The highest BCUT2D eigenvalue weighted by Gasteiger charge is 2.30. The van der Waals surface area contributed by atoms with Crippen molar-refractivity contribution in [3.63, 3.8) is 0 Å². The number of nitrogens with one attached hydrogen (secondary N) is 1. The van der Waals surface area contributed by atoms with Gasteiger partial charge in [-0.3, -0.25) is 14.7 Å². The van der Waals surface area contributed by atoms with E-state index in [2.05, 4.69) is 60.2 Å². The summed E-state index contributed by atoms with van der Waals surface area (Å²) in [7, 11) is 0. The van der Waals surface area contributed by atoms with Crippen LogP contribution < -0.4 is 5.32 Å². The standard InChI is InChI=1S/C22H35N5O/c1-5-23-21(26-14-12-25(13-15-26)18(2)28)24-17-22(3,4)27-11-10-19-8-6-7-9-20(19)16-27/h6-9H,5,10-17H2,1-4H3,(H,23,24). The van der Waals surface area contributed by atoms with E-state index >= 15 is 0 Å². The summed E-state index contributed by atoms with van der Waals surface area (Å²) in [5, 5.41) is 3.44. The molecule has 6 nitrogen and oxygen atoms in total. The number of amides is 1. The molecule has 2 heterocycles. The fourth-order valence-corrected chi connectivity index (χ4v) is 4.04. The molecule has 0 atom stereocenters. The molecule has 1 fully saturated rings. The lowest BCUT2D eigenvalue weighted by atomic mass is 9.94. The van der Waals surface area contributed by atoms with E-state index in [0.29, 0.717) is 0 Å². The fraction of sp³-hybridized carbons (Fsp3) is 0.636. The van der Waals surface area contributed by atoms with Gasteiger partial charge in [0.2, 0.25) is 5.91 Å². The first kappa shape index (κ1) is 20.6. The molecule has 1 amide bonds. The maximum atomic E-state index is 11.6. The molecule has 0 spiro atoms. The Labute approximate surface area is 169 Å². The van der Waals surface area contributed by atoms with Crippen molar-refractivity contribution in [2.24, 2.45) is 4.99 Å². The second-order valence-corrected chi connectivity index (χ2v) is 8.42. The average Bonchev–Trinajstić information content (AvgIpc) is 2.71. The Balaban J connectivity index is 1.64. The number of piperazine rings is 1. The Hall–Kier alpha value is -2.08. The maximum absolute atomic E-state index is 11.6. The molecular formula is C22H35N5O. The molecule has 0 unspecified atom stereocenters. The van der Waals surface area contributed by atoms with E-state index < -0.39 is 0 Å². The van der Waals surface area contributed by atoms with Crippen LogP contribution in [-0.2, 0) is 17.8 Å². The zero-order valence-electron chi connectivity index (χ0n) is 17.9. The van der Waals surface area contributed by atoms with Crippen LogP contribution in [0.1, 0.15) is 38.8 Å². The summed E-state index contributed by atoms with van der Waals surface area (Å²) >= 11 is 0. The monoisotopic (exact) mass is 385 g/mol. The minimum atomic E-state index is -0.00455. The van der Waals surface area contributed by atoms with Gasteiger partial charge in [0.1, 0.15) is 0 Å². The number of hydrogen-bond acceptors (Lipinski definition) is 3. The highest BCUT2D eigenvalue weighted by molar-refractivity contribution is 5.80. The normalized spacial score (nSPS) is 18.8. The van der Waals surface area contributed by atoms with Crippen LogP contribution in [0.3, 0.4) is 0 Å². The van der Waals surface area contributed by atoms with Gasteiger partial charge in [-0.2, -0.15) is 0 Å². The van der Waals surface area contributed by atoms with Gasteiger partial charge in [-0.15, -0.1) is 0 Å². The summed E-state index contributed by atoms with van der Waals surface area (Å²) in [6.07, 6.45) is 1.11. The van der Waals surface area contributed by atoms with Crippen molar-refractivity contribution < 1.29 is 4.79 Å². The van der Waals surface area contributed by atoms with E-state index in [4.69, 9.17) is 4.99 Å². The fourth-order valence-electron chi connectivity index (χ4n) is 4.04. The SMILES string of the molecule is CCNC(=NCC(C)(C)N1CCc2ccccc2C1)N1CCN(C(C)=O)CC1. The van der Waals surface area contributed by atoms with E-state index in [1.54, 1.807) is 6.92 Å². The van der Waals surface area contributed by atoms with Gasteiger partial charge in [-0.25, -0.2) is 0 Å². The Kier molecular flexibility index (Phi) is 6.60. The zero-order chi connectivity index (χ0) is 20.1. The second-order valence-electron chi connectivity index (χ2n) is 8.42. The Morgan fingerprint density at radius 1 is 1.07 bits per heavy atom. The Bertz CT molecular complexity index is 707. The molecule has 0 aliphatic carbocycles. The number of rotatable bonds is 4. The molecule has 1 aromatic rings. The van der Waals surface area contributed by atoms with Gasteiger partial charge in [-0.05, 0) is 38.3 Å². The van der Waals surface area contributed by atoms with Crippen molar-refractivity contribution in [3.8, 4) is 0 Å². The number of carbonyl (C=O) groups is 1. The van der Waals surface area contributed by atoms with Crippen LogP contribution in [-0.4, -0.2) is 77.9 Å². The average molecular weight is 386 g/mol. The number of aliphatic imine (C=N–C) groups is 1. The van der Waals surface area contributed by atoms with Gasteiger partial charge >= 0.3 is 0 Å². The lowest BCUT2D eigenvalue weighted by molar-refractivity contribution is -0.130.